The molecule has 0 saturated carbocycles. The SMILES string of the molecule is Bc1c(B)c(B)c2c(-c3cccc4oc5cc6ccccc6cc5c34)c3c(B)c(B)c(B)c(B)c3c(-c3cccc(-c4ccc5c(c4)-c4ccccc4C5(C)C)c3)c2c1B. The highest BCUT2D eigenvalue weighted by atomic mass is 16.3. The van der Waals surface area contributed by atoms with Crippen LogP contribution in [0.2, 0.25) is 0 Å². The van der Waals surface area contributed by atoms with Crippen molar-refractivity contribution in [3.63, 3.8) is 0 Å². The summed E-state index contributed by atoms with van der Waals surface area (Å²) in [4.78, 5) is 0. The minimum Gasteiger partial charge on any atom is -0.456 e. The van der Waals surface area contributed by atoms with Gasteiger partial charge in [0.05, 0.1) is 0 Å². The maximum atomic E-state index is 6.75. The third-order valence-corrected chi connectivity index (χ3v) is 15.1. The summed E-state index contributed by atoms with van der Waals surface area (Å²) in [5.74, 6) is 0. The second-order valence-corrected chi connectivity index (χ2v) is 18.2. The Morgan fingerprint density at radius 3 is 1.55 bits per heavy atom. The number of rotatable bonds is 3. The highest BCUT2D eigenvalue weighted by Crippen LogP contribution is 2.50. The third kappa shape index (κ3) is 4.99. The average Bonchev–Trinajstić information content (AvgIpc) is 3.74. The molecule has 0 radical (unpaired) electrons. The van der Waals surface area contributed by atoms with Crippen molar-refractivity contribution in [2.75, 3.05) is 0 Å². The zero-order valence-corrected chi connectivity index (χ0v) is 36.5. The van der Waals surface area contributed by atoms with Crippen molar-refractivity contribution in [2.24, 2.45) is 0 Å². The smallest absolute Gasteiger partial charge is 0.139 e. The molecular weight excluding hydrogens is 715 g/mol. The summed E-state index contributed by atoms with van der Waals surface area (Å²) in [5.41, 5.74) is 25.8. The van der Waals surface area contributed by atoms with E-state index in [1.807, 2.05) is 0 Å². The molecule has 1 aromatic heterocycles. The van der Waals surface area contributed by atoms with E-state index in [1.165, 1.54) is 137 Å². The maximum absolute atomic E-state index is 6.75. The van der Waals surface area contributed by atoms with Gasteiger partial charge in [0.1, 0.15) is 73.9 Å². The third-order valence-electron chi connectivity index (χ3n) is 15.1. The summed E-state index contributed by atoms with van der Waals surface area (Å²) in [7, 11) is 18.7. The molecule has 1 aliphatic carbocycles. The topological polar surface area (TPSA) is 13.1 Å². The highest BCUT2D eigenvalue weighted by molar-refractivity contribution is 6.71. The highest BCUT2D eigenvalue weighted by Gasteiger charge is 2.35. The van der Waals surface area contributed by atoms with Crippen LogP contribution in [0.5, 0.6) is 0 Å². The number of fused-ring (bicyclic) bond motifs is 9. The number of hydrogen-bond acceptors (Lipinski definition) is 1. The van der Waals surface area contributed by atoms with Crippen LogP contribution in [0, 0.1) is 0 Å². The Bertz CT molecular complexity index is 3480. The van der Waals surface area contributed by atoms with Crippen molar-refractivity contribution < 1.29 is 4.42 Å². The van der Waals surface area contributed by atoms with Crippen LogP contribution in [-0.2, 0) is 5.41 Å². The normalized spacial score (nSPS) is 13.2. The monoisotopic (exact) mass is 758 g/mol. The first kappa shape index (κ1) is 37.1. The van der Waals surface area contributed by atoms with Crippen molar-refractivity contribution >= 4 is 161 Å². The molecule has 1 aliphatic rings. The fourth-order valence-electron chi connectivity index (χ4n) is 11.2. The molecule has 0 N–H and O–H groups in total. The Kier molecular flexibility index (Phi) is 8.06. The van der Waals surface area contributed by atoms with E-state index in [0.29, 0.717) is 0 Å². The molecule has 0 saturated heterocycles. The Morgan fingerprint density at radius 2 is 0.883 bits per heavy atom. The van der Waals surface area contributed by atoms with E-state index in [0.717, 1.165) is 16.6 Å². The van der Waals surface area contributed by atoms with Crippen LogP contribution in [-0.4, -0.2) is 62.8 Å². The van der Waals surface area contributed by atoms with Gasteiger partial charge in [0.15, 0.2) is 0 Å². The van der Waals surface area contributed by atoms with Crippen LogP contribution in [0.15, 0.2) is 126 Å². The molecule has 0 aliphatic heterocycles. The summed E-state index contributed by atoms with van der Waals surface area (Å²) < 4.78 is 6.75. The second kappa shape index (κ2) is 13.0. The van der Waals surface area contributed by atoms with Crippen molar-refractivity contribution in [3.05, 3.63) is 132 Å². The van der Waals surface area contributed by atoms with Crippen molar-refractivity contribution in [1.29, 1.82) is 0 Å². The Hall–Kier alpha value is -5.92. The van der Waals surface area contributed by atoms with Crippen LogP contribution < -0.4 is 43.7 Å². The summed E-state index contributed by atoms with van der Waals surface area (Å²) in [6.07, 6.45) is 0. The standard InChI is InChI=1S/C51H42B8O/c1-51(2)32-15-6-5-13-28(32)30-20-26(17-18-33(30)51)23-11-7-12-27(19-23)36-39-41(45(54)49(58)47(56)43(39)52)38(42-40(36)44(53)48(57)50(59)46(42)55)29-14-8-16-34-37(29)31-21-24-9-3-4-10-25(24)22-35(31)60-34/h3-22H,52-59H2,1-2H3. The van der Waals surface area contributed by atoms with Gasteiger partial charge in [-0.15, -0.1) is 21.9 Å². The van der Waals surface area contributed by atoms with Gasteiger partial charge in [-0.2, -0.15) is 0 Å². The van der Waals surface area contributed by atoms with Gasteiger partial charge in [-0.05, 0) is 118 Å². The first-order chi connectivity index (χ1) is 28.9. The number of hydrogen-bond donors (Lipinski definition) is 0. The number of benzene rings is 9. The van der Waals surface area contributed by atoms with Crippen LogP contribution in [0.25, 0.3) is 98.8 Å². The van der Waals surface area contributed by atoms with E-state index in [9.17, 15) is 0 Å². The van der Waals surface area contributed by atoms with E-state index in [2.05, 4.69) is 198 Å². The van der Waals surface area contributed by atoms with E-state index in [4.69, 9.17) is 4.42 Å². The molecule has 11 rings (SSSR count). The largest absolute Gasteiger partial charge is 0.456 e. The van der Waals surface area contributed by atoms with Gasteiger partial charge in [-0.1, -0.05) is 127 Å². The van der Waals surface area contributed by atoms with Gasteiger partial charge in [0, 0.05) is 16.2 Å². The average molecular weight is 757 g/mol. The van der Waals surface area contributed by atoms with Gasteiger partial charge >= 0.3 is 0 Å². The van der Waals surface area contributed by atoms with E-state index in [1.54, 1.807) is 0 Å². The molecule has 0 unspecified atom stereocenters. The Morgan fingerprint density at radius 1 is 0.367 bits per heavy atom. The van der Waals surface area contributed by atoms with Gasteiger partial charge in [0.25, 0.3) is 0 Å². The fourth-order valence-corrected chi connectivity index (χ4v) is 11.2. The van der Waals surface area contributed by atoms with E-state index < -0.39 is 0 Å². The summed E-state index contributed by atoms with van der Waals surface area (Å²) in [5, 5.41) is 10.1. The van der Waals surface area contributed by atoms with Crippen molar-refractivity contribution in [1.82, 2.24) is 0 Å². The van der Waals surface area contributed by atoms with Gasteiger partial charge < -0.3 is 4.42 Å². The first-order valence-electron chi connectivity index (χ1n) is 21.5. The van der Waals surface area contributed by atoms with Crippen molar-refractivity contribution in [2.45, 2.75) is 19.3 Å². The minimum atomic E-state index is -0.0243. The van der Waals surface area contributed by atoms with Crippen LogP contribution in [0.3, 0.4) is 0 Å². The molecule has 1 heterocycles. The fraction of sp³-hybridized carbons (Fsp3) is 0.0588. The van der Waals surface area contributed by atoms with Gasteiger partial charge in [-0.25, -0.2) is 0 Å². The van der Waals surface area contributed by atoms with Crippen LogP contribution in [0.1, 0.15) is 25.0 Å². The molecular formula is C51H42B8O. The number of furan rings is 1. The molecule has 1 nitrogen and oxygen atoms in total. The minimum absolute atomic E-state index is 0.0243. The lowest BCUT2D eigenvalue weighted by atomic mass is 9.59. The van der Waals surface area contributed by atoms with Crippen molar-refractivity contribution in [3.8, 4) is 44.5 Å². The Balaban J connectivity index is 1.27. The van der Waals surface area contributed by atoms with E-state index >= 15 is 0 Å². The molecule has 10 aromatic rings. The summed E-state index contributed by atoms with van der Waals surface area (Å²) >= 11 is 0. The summed E-state index contributed by atoms with van der Waals surface area (Å²) in [6, 6.07) is 45.4. The molecule has 0 amide bonds. The molecule has 0 fully saturated rings. The quantitative estimate of drug-likeness (QED) is 0.189. The molecule has 60 heavy (non-hydrogen) atoms. The molecule has 0 atom stereocenters. The lowest BCUT2D eigenvalue weighted by molar-refractivity contribution is 0.660. The molecule has 0 bridgehead atoms. The lowest BCUT2D eigenvalue weighted by Crippen LogP contribution is -2.50. The zero-order valence-electron chi connectivity index (χ0n) is 36.5. The van der Waals surface area contributed by atoms with Crippen LogP contribution in [0.4, 0.5) is 0 Å². The zero-order chi connectivity index (χ0) is 41.5. The van der Waals surface area contributed by atoms with E-state index in [-0.39, 0.29) is 5.41 Å². The van der Waals surface area contributed by atoms with Gasteiger partial charge in [0.2, 0.25) is 0 Å². The maximum Gasteiger partial charge on any atom is 0.139 e. The second-order valence-electron chi connectivity index (χ2n) is 18.2. The summed E-state index contributed by atoms with van der Waals surface area (Å²) in [6.45, 7) is 4.72. The first-order valence-corrected chi connectivity index (χ1v) is 21.5. The predicted molar refractivity (Wildman–Crippen MR) is 286 cm³/mol. The van der Waals surface area contributed by atoms with Crippen LogP contribution >= 0.6 is 0 Å². The lowest BCUT2D eigenvalue weighted by Gasteiger charge is -2.28. The van der Waals surface area contributed by atoms with Gasteiger partial charge in [-0.3, -0.25) is 0 Å². The predicted octanol–water partition coefficient (Wildman–Crippen LogP) is 0.420. The molecule has 0 spiro atoms. The molecule has 276 valence electrons. The Labute approximate surface area is 359 Å². The molecule has 9 heteroatoms. The molecule has 9 aromatic carbocycles.